The largest absolute Gasteiger partial charge is 0.493 e. The van der Waals surface area contributed by atoms with Gasteiger partial charge in [-0.15, -0.1) is 0 Å². The predicted molar refractivity (Wildman–Crippen MR) is 103 cm³/mol. The molecule has 2 N–H and O–H groups in total. The van der Waals surface area contributed by atoms with Crippen LogP contribution in [-0.4, -0.2) is 32.8 Å². The van der Waals surface area contributed by atoms with Gasteiger partial charge >= 0.3 is 0 Å². The van der Waals surface area contributed by atoms with Crippen molar-refractivity contribution in [2.45, 2.75) is 26.3 Å². The van der Waals surface area contributed by atoms with Gasteiger partial charge in [0.05, 0.1) is 26.5 Å². The molecule has 0 heterocycles. The number of ether oxygens (including phenoxy) is 3. The zero-order valence-electron chi connectivity index (χ0n) is 15.7. The molecule has 0 unspecified atom stereocenters. The Hall–Kier alpha value is -2.89. The average Bonchev–Trinajstić information content (AvgIpc) is 2.67. The van der Waals surface area contributed by atoms with Crippen LogP contribution in [0.2, 0.25) is 0 Å². The summed E-state index contributed by atoms with van der Waals surface area (Å²) in [7, 11) is 3.13. The highest BCUT2D eigenvalue weighted by Crippen LogP contribution is 2.30. The summed E-state index contributed by atoms with van der Waals surface area (Å²) in [5.41, 5.74) is 1.42. The molecule has 26 heavy (non-hydrogen) atoms. The van der Waals surface area contributed by atoms with Crippen LogP contribution in [0.25, 0.3) is 0 Å². The van der Waals surface area contributed by atoms with E-state index in [1.807, 2.05) is 24.3 Å². The highest BCUT2D eigenvalue weighted by molar-refractivity contribution is 5.96. The normalized spacial score (nSPS) is 11.4. The molecular weight excluding hydrogens is 332 g/mol. The van der Waals surface area contributed by atoms with Crippen LogP contribution < -0.4 is 24.8 Å². The standard InChI is InChI=1S/C20H26N2O4/c1-5-12-26-17-9-7-6-8-16(17)21-14(2)20(23)22-15-10-11-18(24-3)19(13-15)25-4/h6-11,13-14,21H,5,12H2,1-4H3,(H,22,23)/t14-/m0/s1. The number of carbonyl (C=O) groups excluding carboxylic acids is 1. The van der Waals surface area contributed by atoms with Gasteiger partial charge in [0.1, 0.15) is 11.8 Å². The molecule has 6 heteroatoms. The molecule has 1 atom stereocenters. The Kier molecular flexibility index (Phi) is 7.14. The van der Waals surface area contributed by atoms with E-state index in [0.717, 1.165) is 17.9 Å². The summed E-state index contributed by atoms with van der Waals surface area (Å²) >= 11 is 0. The van der Waals surface area contributed by atoms with Crippen molar-refractivity contribution in [2.75, 3.05) is 31.5 Å². The SMILES string of the molecule is CCCOc1ccccc1N[C@@H](C)C(=O)Nc1ccc(OC)c(OC)c1. The average molecular weight is 358 g/mol. The first-order chi connectivity index (χ1) is 12.6. The Morgan fingerprint density at radius 2 is 1.77 bits per heavy atom. The summed E-state index contributed by atoms with van der Waals surface area (Å²) in [4.78, 5) is 12.5. The van der Waals surface area contributed by atoms with E-state index in [1.54, 1.807) is 39.3 Å². The lowest BCUT2D eigenvalue weighted by Gasteiger charge is -2.18. The van der Waals surface area contributed by atoms with Crippen LogP contribution >= 0.6 is 0 Å². The topological polar surface area (TPSA) is 68.8 Å². The molecule has 6 nitrogen and oxygen atoms in total. The van der Waals surface area contributed by atoms with E-state index in [0.29, 0.717) is 23.8 Å². The number of anilines is 2. The van der Waals surface area contributed by atoms with Crippen LogP contribution in [0.5, 0.6) is 17.2 Å². The second-order valence-electron chi connectivity index (χ2n) is 5.77. The van der Waals surface area contributed by atoms with Gasteiger partial charge in [-0.05, 0) is 37.6 Å². The van der Waals surface area contributed by atoms with E-state index < -0.39 is 6.04 Å². The second-order valence-corrected chi connectivity index (χ2v) is 5.77. The van der Waals surface area contributed by atoms with E-state index in [4.69, 9.17) is 14.2 Å². The smallest absolute Gasteiger partial charge is 0.246 e. The first kappa shape index (κ1) is 19.4. The molecule has 0 fully saturated rings. The highest BCUT2D eigenvalue weighted by atomic mass is 16.5. The van der Waals surface area contributed by atoms with Gasteiger partial charge in [-0.2, -0.15) is 0 Å². The third-order valence-electron chi connectivity index (χ3n) is 3.77. The number of hydrogen-bond acceptors (Lipinski definition) is 5. The van der Waals surface area contributed by atoms with Gasteiger partial charge in [-0.25, -0.2) is 0 Å². The number of methoxy groups -OCH3 is 2. The summed E-state index contributed by atoms with van der Waals surface area (Å²) in [5.74, 6) is 1.74. The zero-order chi connectivity index (χ0) is 18.9. The summed E-state index contributed by atoms with van der Waals surface area (Å²) in [6.45, 7) is 4.48. The first-order valence-electron chi connectivity index (χ1n) is 8.60. The lowest BCUT2D eigenvalue weighted by molar-refractivity contribution is -0.116. The number of rotatable bonds is 9. The molecule has 0 spiro atoms. The molecule has 0 aromatic heterocycles. The number of benzene rings is 2. The highest BCUT2D eigenvalue weighted by Gasteiger charge is 2.16. The van der Waals surface area contributed by atoms with Crippen LogP contribution in [-0.2, 0) is 4.79 Å². The fraction of sp³-hybridized carbons (Fsp3) is 0.350. The maximum atomic E-state index is 12.5. The maximum absolute atomic E-state index is 12.5. The minimum atomic E-state index is -0.450. The Balaban J connectivity index is 2.04. The monoisotopic (exact) mass is 358 g/mol. The molecular formula is C20H26N2O4. The quantitative estimate of drug-likeness (QED) is 0.711. The fourth-order valence-corrected chi connectivity index (χ4v) is 2.39. The summed E-state index contributed by atoms with van der Waals surface area (Å²) in [6.07, 6.45) is 0.920. The van der Waals surface area contributed by atoms with Gasteiger partial charge in [-0.1, -0.05) is 19.1 Å². The molecule has 140 valence electrons. The van der Waals surface area contributed by atoms with Crippen molar-refractivity contribution in [3.8, 4) is 17.2 Å². The molecule has 0 bridgehead atoms. The fourth-order valence-electron chi connectivity index (χ4n) is 2.39. The minimum Gasteiger partial charge on any atom is -0.493 e. The summed E-state index contributed by atoms with van der Waals surface area (Å²) in [5, 5.41) is 6.07. The van der Waals surface area contributed by atoms with Crippen LogP contribution in [0.1, 0.15) is 20.3 Å². The summed E-state index contributed by atoms with van der Waals surface area (Å²) < 4.78 is 16.2. The third kappa shape index (κ3) is 5.05. The Labute approximate surface area is 154 Å². The molecule has 2 rings (SSSR count). The lowest BCUT2D eigenvalue weighted by atomic mass is 10.2. The van der Waals surface area contributed by atoms with E-state index in [9.17, 15) is 4.79 Å². The Morgan fingerprint density at radius 1 is 1.04 bits per heavy atom. The molecule has 0 aliphatic carbocycles. The molecule has 2 aromatic rings. The van der Waals surface area contributed by atoms with Crippen molar-refractivity contribution in [3.05, 3.63) is 42.5 Å². The number of nitrogens with one attached hydrogen (secondary N) is 2. The Bertz CT molecular complexity index is 734. The predicted octanol–water partition coefficient (Wildman–Crippen LogP) is 3.93. The maximum Gasteiger partial charge on any atom is 0.246 e. The van der Waals surface area contributed by atoms with Crippen LogP contribution in [0, 0.1) is 0 Å². The lowest BCUT2D eigenvalue weighted by Crippen LogP contribution is -2.32. The van der Waals surface area contributed by atoms with E-state index in [-0.39, 0.29) is 5.91 Å². The molecule has 0 radical (unpaired) electrons. The molecule has 2 aromatic carbocycles. The summed E-state index contributed by atoms with van der Waals surface area (Å²) in [6, 6.07) is 12.4. The van der Waals surface area contributed by atoms with Crippen LogP contribution in [0.15, 0.2) is 42.5 Å². The van der Waals surface area contributed by atoms with Gasteiger partial charge in [0.15, 0.2) is 11.5 Å². The number of para-hydroxylation sites is 2. The van der Waals surface area contributed by atoms with Gasteiger partial charge in [0.2, 0.25) is 5.91 Å². The van der Waals surface area contributed by atoms with E-state index in [2.05, 4.69) is 17.6 Å². The second kappa shape index (κ2) is 9.56. The van der Waals surface area contributed by atoms with Crippen molar-refractivity contribution in [1.82, 2.24) is 0 Å². The van der Waals surface area contributed by atoms with Crippen molar-refractivity contribution in [2.24, 2.45) is 0 Å². The number of hydrogen-bond donors (Lipinski definition) is 2. The first-order valence-corrected chi connectivity index (χ1v) is 8.60. The van der Waals surface area contributed by atoms with Crippen molar-refractivity contribution < 1.29 is 19.0 Å². The van der Waals surface area contributed by atoms with Crippen molar-refractivity contribution >= 4 is 17.3 Å². The molecule has 0 aliphatic rings. The van der Waals surface area contributed by atoms with Crippen LogP contribution in [0.3, 0.4) is 0 Å². The molecule has 0 saturated heterocycles. The van der Waals surface area contributed by atoms with Gasteiger partial charge in [0, 0.05) is 11.8 Å². The number of carbonyl (C=O) groups is 1. The van der Waals surface area contributed by atoms with Crippen molar-refractivity contribution in [1.29, 1.82) is 0 Å². The molecule has 0 aliphatic heterocycles. The Morgan fingerprint density at radius 3 is 2.46 bits per heavy atom. The van der Waals surface area contributed by atoms with Gasteiger partial charge < -0.3 is 24.8 Å². The van der Waals surface area contributed by atoms with Crippen molar-refractivity contribution in [3.63, 3.8) is 0 Å². The molecule has 0 saturated carbocycles. The zero-order valence-corrected chi connectivity index (χ0v) is 15.7. The van der Waals surface area contributed by atoms with Gasteiger partial charge in [-0.3, -0.25) is 4.79 Å². The van der Waals surface area contributed by atoms with Gasteiger partial charge in [0.25, 0.3) is 0 Å². The van der Waals surface area contributed by atoms with E-state index in [1.165, 1.54) is 0 Å². The minimum absolute atomic E-state index is 0.164. The van der Waals surface area contributed by atoms with Crippen LogP contribution in [0.4, 0.5) is 11.4 Å². The van der Waals surface area contributed by atoms with E-state index >= 15 is 0 Å². The third-order valence-corrected chi connectivity index (χ3v) is 3.77. The molecule has 1 amide bonds. The number of amides is 1.